The number of benzene rings is 1. The largest absolute Gasteiger partial charge is 0.441 e. The molecule has 0 radical (unpaired) electrons. The molecule has 0 aliphatic heterocycles. The van der Waals surface area contributed by atoms with Crippen molar-refractivity contribution in [1.29, 1.82) is 0 Å². The monoisotopic (exact) mass is 330 g/mol. The summed E-state index contributed by atoms with van der Waals surface area (Å²) >= 11 is 5.40. The number of halogens is 6. The first kappa shape index (κ1) is 15.4. The van der Waals surface area contributed by atoms with Gasteiger partial charge >= 0.3 is 5.51 Å². The highest BCUT2D eigenvalue weighted by Crippen LogP contribution is 2.31. The fourth-order valence-corrected chi connectivity index (χ4v) is 2.51. The van der Waals surface area contributed by atoms with Crippen molar-refractivity contribution in [3.63, 3.8) is 0 Å². The molecule has 2 aromatic rings. The Morgan fingerprint density at radius 1 is 1.25 bits per heavy atom. The second-order valence-electron chi connectivity index (χ2n) is 3.84. The van der Waals surface area contributed by atoms with Crippen molar-refractivity contribution >= 4 is 34.4 Å². The van der Waals surface area contributed by atoms with Gasteiger partial charge in [-0.1, -0.05) is 0 Å². The molecular weight excluding hydrogens is 323 g/mol. The van der Waals surface area contributed by atoms with Gasteiger partial charge < -0.3 is 4.57 Å². The van der Waals surface area contributed by atoms with Crippen LogP contribution in [0.1, 0.15) is 5.82 Å². The number of fused-ring (bicyclic) bond motifs is 1. The van der Waals surface area contributed by atoms with Crippen LogP contribution in [0.4, 0.5) is 22.0 Å². The third-order valence-corrected chi connectivity index (χ3v) is 3.53. The van der Waals surface area contributed by atoms with Crippen molar-refractivity contribution in [2.75, 3.05) is 5.75 Å². The second kappa shape index (κ2) is 5.77. The number of nitrogens with zero attached hydrogens (tertiary/aromatic N) is 2. The number of rotatable bonds is 4. The summed E-state index contributed by atoms with van der Waals surface area (Å²) in [6.07, 6.45) is 0. The van der Waals surface area contributed by atoms with Crippen LogP contribution in [-0.4, -0.2) is 20.8 Å². The molecule has 0 spiro atoms. The van der Waals surface area contributed by atoms with Crippen LogP contribution in [0.15, 0.2) is 12.1 Å². The van der Waals surface area contributed by atoms with Crippen LogP contribution in [0.2, 0.25) is 0 Å². The standard InChI is InChI=1S/C11H8ClF5N2S/c12-5-8-18-7-2-1-6(13)9(14)10(7)19(8)3-4-20-11(15,16)17/h1-2H,3-5H2. The lowest BCUT2D eigenvalue weighted by atomic mass is 10.3. The quantitative estimate of drug-likeness (QED) is 0.614. The summed E-state index contributed by atoms with van der Waals surface area (Å²) in [7, 11) is 0. The Labute approximate surface area is 119 Å². The highest BCUT2D eigenvalue weighted by atomic mass is 35.5. The fourth-order valence-electron chi connectivity index (χ4n) is 1.80. The van der Waals surface area contributed by atoms with E-state index >= 15 is 0 Å². The summed E-state index contributed by atoms with van der Waals surface area (Å²) in [5.41, 5.74) is -4.37. The molecule has 20 heavy (non-hydrogen) atoms. The van der Waals surface area contributed by atoms with Crippen LogP contribution in [0.25, 0.3) is 11.0 Å². The van der Waals surface area contributed by atoms with E-state index in [0.29, 0.717) is 0 Å². The molecular formula is C11H8ClF5N2S. The van der Waals surface area contributed by atoms with Crippen LogP contribution < -0.4 is 0 Å². The molecule has 1 aromatic carbocycles. The topological polar surface area (TPSA) is 17.8 Å². The lowest BCUT2D eigenvalue weighted by Gasteiger charge is -2.09. The second-order valence-corrected chi connectivity index (χ2v) is 5.26. The molecule has 0 bridgehead atoms. The van der Waals surface area contributed by atoms with E-state index in [9.17, 15) is 22.0 Å². The highest BCUT2D eigenvalue weighted by molar-refractivity contribution is 8.00. The Balaban J connectivity index is 2.37. The Morgan fingerprint density at radius 3 is 2.55 bits per heavy atom. The first-order valence-electron chi connectivity index (χ1n) is 5.43. The summed E-state index contributed by atoms with van der Waals surface area (Å²) < 4.78 is 64.5. The van der Waals surface area contributed by atoms with E-state index in [1.165, 1.54) is 10.6 Å². The average Bonchev–Trinajstić information content (AvgIpc) is 2.71. The van der Waals surface area contributed by atoms with Gasteiger partial charge in [-0.3, -0.25) is 0 Å². The number of hydrogen-bond donors (Lipinski definition) is 0. The molecule has 0 saturated carbocycles. The number of aromatic nitrogens is 2. The van der Waals surface area contributed by atoms with Gasteiger partial charge in [0.15, 0.2) is 11.6 Å². The van der Waals surface area contributed by atoms with Crippen LogP contribution in [0.5, 0.6) is 0 Å². The van der Waals surface area contributed by atoms with E-state index in [4.69, 9.17) is 11.6 Å². The molecule has 0 fully saturated rings. The van der Waals surface area contributed by atoms with Crippen LogP contribution in [0, 0.1) is 11.6 Å². The molecule has 0 unspecified atom stereocenters. The predicted octanol–water partition coefficient (Wildman–Crippen LogP) is 4.31. The first-order valence-corrected chi connectivity index (χ1v) is 6.95. The Hall–Kier alpha value is -1.02. The number of hydrogen-bond acceptors (Lipinski definition) is 2. The predicted molar refractivity (Wildman–Crippen MR) is 67.7 cm³/mol. The van der Waals surface area contributed by atoms with Gasteiger partial charge in [-0.25, -0.2) is 13.8 Å². The molecule has 0 amide bonds. The molecule has 0 aliphatic carbocycles. The van der Waals surface area contributed by atoms with Gasteiger partial charge in [0.2, 0.25) is 0 Å². The van der Waals surface area contributed by atoms with E-state index in [-0.39, 0.29) is 46.8 Å². The summed E-state index contributed by atoms with van der Waals surface area (Å²) in [6, 6.07) is 2.18. The summed E-state index contributed by atoms with van der Waals surface area (Å²) in [5, 5.41) is 0. The minimum absolute atomic E-state index is 0.105. The Kier molecular flexibility index (Phi) is 4.43. The van der Waals surface area contributed by atoms with E-state index in [1.807, 2.05) is 0 Å². The van der Waals surface area contributed by atoms with Gasteiger partial charge in [0.1, 0.15) is 11.3 Å². The van der Waals surface area contributed by atoms with Gasteiger partial charge in [0.25, 0.3) is 0 Å². The van der Waals surface area contributed by atoms with Gasteiger partial charge in [0.05, 0.1) is 11.4 Å². The normalized spacial score (nSPS) is 12.3. The molecule has 0 N–H and O–H groups in total. The maximum atomic E-state index is 13.8. The van der Waals surface area contributed by atoms with Crippen molar-refractivity contribution < 1.29 is 22.0 Å². The third kappa shape index (κ3) is 3.17. The van der Waals surface area contributed by atoms with Gasteiger partial charge in [0, 0.05) is 12.3 Å². The zero-order valence-electron chi connectivity index (χ0n) is 9.85. The Bertz CT molecular complexity index is 625. The van der Waals surface area contributed by atoms with Crippen molar-refractivity contribution in [2.24, 2.45) is 0 Å². The first-order chi connectivity index (χ1) is 9.33. The van der Waals surface area contributed by atoms with E-state index in [2.05, 4.69) is 4.98 Å². The molecule has 110 valence electrons. The number of imidazole rings is 1. The fraction of sp³-hybridized carbons (Fsp3) is 0.364. The van der Waals surface area contributed by atoms with E-state index in [0.717, 1.165) is 6.07 Å². The maximum Gasteiger partial charge on any atom is 0.441 e. The lowest BCUT2D eigenvalue weighted by Crippen LogP contribution is -2.09. The van der Waals surface area contributed by atoms with Crippen LogP contribution in [0.3, 0.4) is 0 Å². The molecule has 1 aromatic heterocycles. The van der Waals surface area contributed by atoms with Gasteiger partial charge in [-0.2, -0.15) is 13.2 Å². The average molecular weight is 331 g/mol. The lowest BCUT2D eigenvalue weighted by molar-refractivity contribution is -0.0328. The zero-order chi connectivity index (χ0) is 14.9. The number of thioether (sulfide) groups is 1. The molecule has 0 aliphatic rings. The summed E-state index contributed by atoms with van der Waals surface area (Å²) in [6.45, 7) is -0.164. The minimum Gasteiger partial charge on any atom is -0.324 e. The van der Waals surface area contributed by atoms with Crippen molar-refractivity contribution in [2.45, 2.75) is 17.9 Å². The smallest absolute Gasteiger partial charge is 0.324 e. The summed E-state index contributed by atoms with van der Waals surface area (Å²) in [4.78, 5) is 3.98. The summed E-state index contributed by atoms with van der Waals surface area (Å²) in [5.74, 6) is -2.46. The number of alkyl halides is 4. The zero-order valence-corrected chi connectivity index (χ0v) is 11.4. The van der Waals surface area contributed by atoms with Crippen molar-refractivity contribution in [3.05, 3.63) is 29.6 Å². The van der Waals surface area contributed by atoms with Crippen LogP contribution in [-0.2, 0) is 12.4 Å². The van der Waals surface area contributed by atoms with Gasteiger partial charge in [-0.15, -0.1) is 11.6 Å². The molecule has 2 rings (SSSR count). The molecule has 2 nitrogen and oxygen atoms in total. The van der Waals surface area contributed by atoms with Crippen molar-refractivity contribution in [3.8, 4) is 0 Å². The van der Waals surface area contributed by atoms with Gasteiger partial charge in [-0.05, 0) is 23.9 Å². The Morgan fingerprint density at radius 2 is 1.95 bits per heavy atom. The third-order valence-electron chi connectivity index (χ3n) is 2.58. The molecule has 0 saturated heterocycles. The minimum atomic E-state index is -4.37. The van der Waals surface area contributed by atoms with Crippen molar-refractivity contribution in [1.82, 2.24) is 9.55 Å². The molecule has 1 heterocycles. The maximum absolute atomic E-state index is 13.8. The SMILES string of the molecule is Fc1ccc2nc(CCl)n(CCSC(F)(F)F)c2c1F. The van der Waals surface area contributed by atoms with E-state index < -0.39 is 17.1 Å². The van der Waals surface area contributed by atoms with Crippen LogP contribution >= 0.6 is 23.4 Å². The highest BCUT2D eigenvalue weighted by Gasteiger charge is 2.28. The number of aryl methyl sites for hydroxylation is 1. The molecule has 0 atom stereocenters. The van der Waals surface area contributed by atoms with E-state index in [1.54, 1.807) is 0 Å². The molecule has 9 heteroatoms.